The molecule has 1 saturated carbocycles. The zero-order valence-corrected chi connectivity index (χ0v) is 21.8. The highest BCUT2D eigenvalue weighted by atomic mass is 127. The summed E-state index contributed by atoms with van der Waals surface area (Å²) < 4.78 is 48.2. The quantitative estimate of drug-likeness (QED) is 0.225. The Bertz CT molecular complexity index is 739. The van der Waals surface area contributed by atoms with Gasteiger partial charge in [-0.2, -0.15) is 13.2 Å². The van der Waals surface area contributed by atoms with Crippen LogP contribution in [-0.2, 0) is 17.4 Å². The fourth-order valence-corrected chi connectivity index (χ4v) is 4.54. The minimum atomic E-state index is -4.87. The summed E-state index contributed by atoms with van der Waals surface area (Å²) in [6, 6.07) is 0.118. The third-order valence-electron chi connectivity index (χ3n) is 6.53. The molecule has 1 fully saturated rings. The average Bonchev–Trinajstić information content (AvgIpc) is 3.13. The highest BCUT2D eigenvalue weighted by molar-refractivity contribution is 14.0. The van der Waals surface area contributed by atoms with Crippen LogP contribution in [-0.4, -0.2) is 58.6 Å². The van der Waals surface area contributed by atoms with Crippen molar-refractivity contribution < 1.29 is 23.0 Å². The molecule has 0 saturated heterocycles. The summed E-state index contributed by atoms with van der Waals surface area (Å²) in [7, 11) is 1.43. The lowest BCUT2D eigenvalue weighted by atomic mass is 9.58. The van der Waals surface area contributed by atoms with E-state index in [4.69, 9.17) is 4.74 Å². The molecular weight excluding hydrogens is 538 g/mol. The number of aliphatic imine (C=N–C) groups is 1. The first-order valence-corrected chi connectivity index (χ1v) is 11.0. The zero-order chi connectivity index (χ0) is 23.3. The molecular formula is C21H37F3IN5O2. The fraction of sp³-hybridized carbons (Fsp3) is 0.810. The molecule has 1 heterocycles. The minimum Gasteiger partial charge on any atom is -0.378 e. The third kappa shape index (κ3) is 5.69. The molecule has 11 heteroatoms. The normalized spacial score (nSPS) is 22.5. The first kappa shape index (κ1) is 29.0. The van der Waals surface area contributed by atoms with Crippen LogP contribution in [0.4, 0.5) is 13.2 Å². The monoisotopic (exact) mass is 575 g/mol. The van der Waals surface area contributed by atoms with Crippen molar-refractivity contribution >= 4 is 29.9 Å². The number of nitrogens with one attached hydrogen (secondary N) is 2. The van der Waals surface area contributed by atoms with Gasteiger partial charge < -0.3 is 25.0 Å². The number of hydrogen-bond acceptors (Lipinski definition) is 4. The molecule has 3 unspecified atom stereocenters. The standard InChI is InChI=1S/C21H36F3N5O2.HI/c1-6-19(7-2)15(14-16(19)31-9-4)28-18(25-8-3)27-11-10-20(30,21(22,23)24)17-26-12-13-29(17)5;/h12-13,15-16,30H,6-11,14H2,1-5H3,(H2,25,27,28);1H. The second kappa shape index (κ2) is 11.9. The number of rotatable bonds is 10. The maximum atomic E-state index is 13.7. The lowest BCUT2D eigenvalue weighted by Gasteiger charge is -2.55. The molecule has 1 aromatic heterocycles. The molecule has 0 aromatic carbocycles. The highest BCUT2D eigenvalue weighted by Crippen LogP contribution is 2.49. The topological polar surface area (TPSA) is 83.7 Å². The molecule has 1 aliphatic rings. The molecule has 186 valence electrons. The predicted molar refractivity (Wildman–Crippen MR) is 129 cm³/mol. The van der Waals surface area contributed by atoms with E-state index in [0.29, 0.717) is 19.1 Å². The maximum absolute atomic E-state index is 13.7. The molecule has 1 aromatic rings. The van der Waals surface area contributed by atoms with Gasteiger partial charge in [0.1, 0.15) is 5.82 Å². The van der Waals surface area contributed by atoms with Crippen LogP contribution in [0.2, 0.25) is 0 Å². The zero-order valence-electron chi connectivity index (χ0n) is 19.5. The van der Waals surface area contributed by atoms with Crippen LogP contribution in [0.5, 0.6) is 0 Å². The van der Waals surface area contributed by atoms with E-state index in [0.717, 1.165) is 19.3 Å². The number of imidazole rings is 1. The van der Waals surface area contributed by atoms with E-state index in [1.54, 1.807) is 0 Å². The molecule has 2 rings (SSSR count). The first-order chi connectivity index (χ1) is 14.6. The molecule has 3 atom stereocenters. The van der Waals surface area contributed by atoms with E-state index >= 15 is 0 Å². The molecule has 0 spiro atoms. The van der Waals surface area contributed by atoms with E-state index < -0.39 is 24.0 Å². The Hall–Kier alpha value is -1.08. The van der Waals surface area contributed by atoms with E-state index in [-0.39, 0.29) is 48.1 Å². The summed E-state index contributed by atoms with van der Waals surface area (Å²) in [5, 5.41) is 17.0. The highest BCUT2D eigenvalue weighted by Gasteiger charge is 2.57. The number of aromatic nitrogens is 2. The summed E-state index contributed by atoms with van der Waals surface area (Å²) in [4.78, 5) is 8.06. The SMILES string of the molecule is CCNC(=NCCC(O)(c1nccn1C)C(F)(F)F)NC1CC(OCC)C1(CC)CC.I. The van der Waals surface area contributed by atoms with Gasteiger partial charge in [-0.25, -0.2) is 4.98 Å². The number of guanidine groups is 1. The van der Waals surface area contributed by atoms with Crippen molar-refractivity contribution in [2.24, 2.45) is 17.5 Å². The van der Waals surface area contributed by atoms with Crippen molar-refractivity contribution in [3.63, 3.8) is 0 Å². The smallest absolute Gasteiger partial charge is 0.378 e. The van der Waals surface area contributed by atoms with Crippen molar-refractivity contribution in [1.82, 2.24) is 20.2 Å². The Morgan fingerprint density at radius 2 is 1.97 bits per heavy atom. The number of aryl methyl sites for hydroxylation is 1. The summed E-state index contributed by atoms with van der Waals surface area (Å²) in [6.45, 7) is 9.14. The van der Waals surface area contributed by atoms with Gasteiger partial charge in [0, 0.05) is 57.0 Å². The predicted octanol–water partition coefficient (Wildman–Crippen LogP) is 3.72. The van der Waals surface area contributed by atoms with Crippen LogP contribution in [0.15, 0.2) is 17.4 Å². The van der Waals surface area contributed by atoms with E-state index in [1.165, 1.54) is 24.0 Å². The summed E-state index contributed by atoms with van der Waals surface area (Å²) in [6.07, 6.45) is -0.0480. The van der Waals surface area contributed by atoms with Crippen molar-refractivity contribution in [2.45, 2.75) is 77.3 Å². The molecule has 0 amide bonds. The third-order valence-corrected chi connectivity index (χ3v) is 6.53. The largest absolute Gasteiger partial charge is 0.424 e. The van der Waals surface area contributed by atoms with Crippen LogP contribution >= 0.6 is 24.0 Å². The van der Waals surface area contributed by atoms with Crippen LogP contribution in [0, 0.1) is 5.41 Å². The van der Waals surface area contributed by atoms with Crippen molar-refractivity contribution in [1.29, 1.82) is 0 Å². The lowest BCUT2D eigenvalue weighted by Crippen LogP contribution is -2.65. The Morgan fingerprint density at radius 1 is 1.31 bits per heavy atom. The van der Waals surface area contributed by atoms with Crippen LogP contribution < -0.4 is 10.6 Å². The van der Waals surface area contributed by atoms with E-state index in [2.05, 4.69) is 34.5 Å². The summed E-state index contributed by atoms with van der Waals surface area (Å²) in [5.74, 6) is 0.000722. The number of alkyl halides is 3. The molecule has 7 nitrogen and oxygen atoms in total. The average molecular weight is 575 g/mol. The van der Waals surface area contributed by atoms with Gasteiger partial charge >= 0.3 is 6.18 Å². The fourth-order valence-electron chi connectivity index (χ4n) is 4.54. The van der Waals surface area contributed by atoms with E-state index in [1.807, 2.05) is 13.8 Å². The maximum Gasteiger partial charge on any atom is 0.424 e. The Kier molecular flexibility index (Phi) is 10.7. The summed E-state index contributed by atoms with van der Waals surface area (Å²) in [5.41, 5.74) is -3.11. The van der Waals surface area contributed by atoms with Gasteiger partial charge in [0.25, 0.3) is 0 Å². The first-order valence-electron chi connectivity index (χ1n) is 11.0. The van der Waals surface area contributed by atoms with Gasteiger partial charge in [-0.05, 0) is 33.1 Å². The lowest BCUT2D eigenvalue weighted by molar-refractivity contribution is -0.272. The van der Waals surface area contributed by atoms with Crippen molar-refractivity contribution in [3.05, 3.63) is 18.2 Å². The van der Waals surface area contributed by atoms with Gasteiger partial charge in [0.2, 0.25) is 5.60 Å². The minimum absolute atomic E-state index is 0. The van der Waals surface area contributed by atoms with Crippen LogP contribution in [0.3, 0.4) is 0 Å². The molecule has 1 aliphatic carbocycles. The van der Waals surface area contributed by atoms with E-state index in [9.17, 15) is 18.3 Å². The molecule has 3 N–H and O–H groups in total. The van der Waals surface area contributed by atoms with Crippen molar-refractivity contribution in [2.75, 3.05) is 19.7 Å². The second-order valence-corrected chi connectivity index (χ2v) is 8.05. The molecule has 32 heavy (non-hydrogen) atoms. The van der Waals surface area contributed by atoms with Crippen LogP contribution in [0.25, 0.3) is 0 Å². The number of ether oxygens (including phenoxy) is 1. The number of aliphatic hydroxyl groups is 1. The molecule has 0 bridgehead atoms. The van der Waals surface area contributed by atoms with Crippen molar-refractivity contribution in [3.8, 4) is 0 Å². The number of hydrogen-bond donors (Lipinski definition) is 3. The van der Waals surface area contributed by atoms with Gasteiger partial charge in [-0.3, -0.25) is 4.99 Å². The Morgan fingerprint density at radius 3 is 2.44 bits per heavy atom. The summed E-state index contributed by atoms with van der Waals surface area (Å²) >= 11 is 0. The molecule has 0 aliphatic heterocycles. The van der Waals surface area contributed by atoms with Gasteiger partial charge in [-0.15, -0.1) is 24.0 Å². The molecule has 0 radical (unpaired) electrons. The van der Waals surface area contributed by atoms with Crippen LogP contribution in [0.1, 0.15) is 59.2 Å². The number of nitrogens with zero attached hydrogens (tertiary/aromatic N) is 3. The van der Waals surface area contributed by atoms with Gasteiger partial charge in [0.15, 0.2) is 5.96 Å². The Labute approximate surface area is 205 Å². The van der Waals surface area contributed by atoms with Gasteiger partial charge in [0.05, 0.1) is 6.10 Å². The van der Waals surface area contributed by atoms with Gasteiger partial charge in [-0.1, -0.05) is 13.8 Å². The Balaban J connectivity index is 0.00000512. The number of halogens is 4. The second-order valence-electron chi connectivity index (χ2n) is 8.05.